The van der Waals surface area contributed by atoms with Crippen LogP contribution >= 0.6 is 0 Å². The molecule has 15 atom stereocenters. The predicted molar refractivity (Wildman–Crippen MR) is 352 cm³/mol. The Balaban J connectivity index is 0.921. The van der Waals surface area contributed by atoms with Crippen molar-refractivity contribution in [3.8, 4) is 5.75 Å². The fourth-order valence-corrected chi connectivity index (χ4v) is 21.5. The number of aliphatic hydroxyl groups is 2. The fourth-order valence-electron chi connectivity index (χ4n) is 21.5. The molecule has 7 aliphatic carbocycles. The Morgan fingerprint density at radius 2 is 1.71 bits per heavy atom. The fraction of sp³-hybridized carbons (Fsp3) is 0.623. The van der Waals surface area contributed by atoms with Crippen LogP contribution in [0.15, 0.2) is 124 Å². The van der Waals surface area contributed by atoms with E-state index in [1.807, 2.05) is 38.2 Å². The minimum absolute atomic E-state index is 0.0698. The number of Topliss-reactive ketones (excluding diaryl/α,β-unsaturated/α-hetero) is 2. The number of epoxide rings is 1. The molecule has 10 N–H and O–H groups in total. The van der Waals surface area contributed by atoms with Gasteiger partial charge >= 0.3 is 5.97 Å². The van der Waals surface area contributed by atoms with Crippen molar-refractivity contribution >= 4 is 17.5 Å². The lowest BCUT2D eigenvalue weighted by Crippen LogP contribution is -2.68. The number of phenols is 1. The first-order valence-corrected chi connectivity index (χ1v) is 35.6. The molecule has 0 aromatic heterocycles. The summed E-state index contributed by atoms with van der Waals surface area (Å²) in [5, 5.41) is 55.2. The van der Waals surface area contributed by atoms with Crippen LogP contribution in [-0.2, 0) is 20.7 Å². The highest BCUT2D eigenvalue weighted by molar-refractivity contribution is 6.33. The molecule has 4 saturated carbocycles. The molecule has 486 valence electrons. The second kappa shape index (κ2) is 24.0. The first kappa shape index (κ1) is 61.6. The zero-order valence-electron chi connectivity index (χ0n) is 54.2. The molecule has 11 bridgehead atoms. The quantitative estimate of drug-likeness (QED) is 0.0443. The van der Waals surface area contributed by atoms with E-state index in [1.165, 1.54) is 36.0 Å². The number of aliphatic hydroxyl groups excluding tert-OH is 2. The number of nitrogens with one attached hydrogen (secondary N) is 5. The maximum absolute atomic E-state index is 17.0. The molecular formula is C77H100N6O8. The number of ether oxygens (including phenoxy) is 2. The Hall–Kier alpha value is -5.61. The molecule has 15 unspecified atom stereocenters. The van der Waals surface area contributed by atoms with Gasteiger partial charge < -0.3 is 57.1 Å². The van der Waals surface area contributed by atoms with Gasteiger partial charge in [-0.3, -0.25) is 9.59 Å². The van der Waals surface area contributed by atoms with Crippen molar-refractivity contribution in [1.29, 1.82) is 0 Å². The summed E-state index contributed by atoms with van der Waals surface area (Å²) in [6.45, 7) is 5.50. The van der Waals surface area contributed by atoms with Gasteiger partial charge in [0.05, 0.1) is 25.0 Å². The maximum atomic E-state index is 17.0. The summed E-state index contributed by atoms with van der Waals surface area (Å²) in [7, 11) is 1.97. The highest BCUT2D eigenvalue weighted by Crippen LogP contribution is 2.67. The van der Waals surface area contributed by atoms with Gasteiger partial charge in [-0.25, -0.2) is 4.79 Å². The molecule has 5 fully saturated rings. The summed E-state index contributed by atoms with van der Waals surface area (Å²) < 4.78 is 14.7. The molecule has 2 aromatic rings. The van der Waals surface area contributed by atoms with E-state index in [2.05, 4.69) is 76.2 Å². The molecule has 91 heavy (non-hydrogen) atoms. The van der Waals surface area contributed by atoms with Gasteiger partial charge in [0.15, 0.2) is 11.4 Å². The molecule has 6 aliphatic heterocycles. The van der Waals surface area contributed by atoms with E-state index in [1.54, 1.807) is 12.1 Å². The highest BCUT2D eigenvalue weighted by Gasteiger charge is 2.86. The van der Waals surface area contributed by atoms with Crippen molar-refractivity contribution in [2.45, 2.75) is 222 Å². The average Bonchev–Trinajstić information content (AvgIpc) is 1.49. The molecule has 0 amide bonds. The number of fused-ring (bicyclic) bond motifs is 4. The number of carbonyl (C=O) groups is 3. The summed E-state index contributed by atoms with van der Waals surface area (Å²) >= 11 is 0. The number of aromatic hydroxyl groups is 1. The van der Waals surface area contributed by atoms with Gasteiger partial charge in [0.1, 0.15) is 17.7 Å². The van der Waals surface area contributed by atoms with Gasteiger partial charge in [0.2, 0.25) is 5.78 Å². The van der Waals surface area contributed by atoms with E-state index >= 15 is 14.4 Å². The third kappa shape index (κ3) is 10.4. The van der Waals surface area contributed by atoms with E-state index in [9.17, 15) is 15.3 Å². The molecule has 2 aromatic carbocycles. The molecule has 6 heterocycles. The van der Waals surface area contributed by atoms with Crippen LogP contribution in [0.5, 0.6) is 5.75 Å². The van der Waals surface area contributed by atoms with Crippen LogP contribution in [0.4, 0.5) is 0 Å². The number of esters is 1. The number of benzene rings is 2. The lowest BCUT2D eigenvalue weighted by Gasteiger charge is -2.63. The smallest absolute Gasteiger partial charge is 0.350 e. The van der Waals surface area contributed by atoms with Crippen molar-refractivity contribution in [2.75, 3.05) is 26.7 Å². The standard InChI is InChI=1S/C77H100N6O8/c1-45(23-24-49-27-31-80-71-55(49)25-26-65(79-3)83-71)53(44-84)40-76-68(87)56-22-13-20-52-38-73(2)28-8-7-16-48-17-11-19-51-39-75(82-43-46-14-5-4-6-15-46)41-61-59(67(63(75)34-57(48)51)90-72(89)77(76,91-76)69(88)66(52)56)36-64(86)74(29-9-10-30-74)62(61)35-58(50-18-12-21-54(85)33-50)60-32-47(37-73)42-81-70(60)78/h11-13,18-22,27,32-33,39,42,46,48,57-59,61-65,67,70,79-86H,4-10,14-17,23-26,28-31,34-38,40-41,43-44,78H2,1-3H3. The minimum Gasteiger partial charge on any atom is -0.508 e. The van der Waals surface area contributed by atoms with Gasteiger partial charge in [-0.05, 0) is 227 Å². The first-order chi connectivity index (χ1) is 44.1. The van der Waals surface area contributed by atoms with E-state index in [4.69, 9.17) is 15.2 Å². The van der Waals surface area contributed by atoms with Crippen molar-refractivity contribution in [2.24, 2.45) is 58.0 Å². The predicted octanol–water partition coefficient (Wildman–Crippen LogP) is 11.4. The first-order valence-electron chi connectivity index (χ1n) is 35.6. The Morgan fingerprint density at radius 3 is 2.53 bits per heavy atom. The minimum atomic E-state index is -2.32. The molecule has 14 nitrogen and oxygen atoms in total. The maximum Gasteiger partial charge on any atom is 0.350 e. The number of carbonyl (C=O) groups excluding carboxylic acids is 3. The molecule has 2 spiro atoms. The van der Waals surface area contributed by atoms with Crippen LogP contribution in [0, 0.1) is 52.3 Å². The summed E-state index contributed by atoms with van der Waals surface area (Å²) in [6, 6.07) is 13.4. The van der Waals surface area contributed by atoms with Crippen LogP contribution < -0.4 is 32.3 Å². The zero-order chi connectivity index (χ0) is 62.6. The molecule has 15 rings (SSSR count). The number of rotatable bonds is 11. The average molecular weight is 1240 g/mol. The zero-order valence-corrected chi connectivity index (χ0v) is 54.2. The third-order valence-corrected chi connectivity index (χ3v) is 26.2. The van der Waals surface area contributed by atoms with Crippen LogP contribution in [0.25, 0.3) is 0 Å². The molecule has 0 radical (unpaired) electrons. The lowest BCUT2D eigenvalue weighted by atomic mass is 9.45. The number of dihydropyridines is 2. The molecule has 13 aliphatic rings. The van der Waals surface area contributed by atoms with Crippen molar-refractivity contribution in [1.82, 2.24) is 26.6 Å². The second-order valence-electron chi connectivity index (χ2n) is 31.2. The van der Waals surface area contributed by atoms with Gasteiger partial charge in [-0.15, -0.1) is 0 Å². The Kier molecular flexibility index (Phi) is 16.2. The number of allylic oxidation sites excluding steroid dienone is 8. The molecule has 14 heteroatoms. The van der Waals surface area contributed by atoms with Crippen molar-refractivity contribution < 1.29 is 39.2 Å². The largest absolute Gasteiger partial charge is 0.508 e. The number of ketones is 2. The number of nitrogens with two attached hydrogens (primary N) is 1. The Bertz CT molecular complexity index is 3470. The lowest BCUT2D eigenvalue weighted by molar-refractivity contribution is -0.198. The monoisotopic (exact) mass is 1240 g/mol. The third-order valence-electron chi connectivity index (χ3n) is 26.2. The Morgan fingerprint density at radius 1 is 0.901 bits per heavy atom. The number of hydrogen-bond donors (Lipinski definition) is 9. The van der Waals surface area contributed by atoms with Gasteiger partial charge in [-0.1, -0.05) is 118 Å². The SMILES string of the molecule is CNC1CCC2=C(NCC=C2CCC(C)=C(CO)CC23OC24C(=O)OC2C5CC(O)C6(CCCC6)C6CC(c7cccc(O)c7)C7=CC(=CNC7N)CC(C)(CCCCC7CC=CC8=CC(NCC9CCCCC9)(CC56)C2CC87)Cc2cccc(c2C4=O)C3=O)N1. The van der Waals surface area contributed by atoms with Crippen LogP contribution in [0.1, 0.15) is 206 Å². The van der Waals surface area contributed by atoms with Crippen LogP contribution in [-0.4, -0.2) is 101 Å². The van der Waals surface area contributed by atoms with E-state index in [0.29, 0.717) is 61.6 Å². The van der Waals surface area contributed by atoms with E-state index < -0.39 is 63.5 Å². The highest BCUT2D eigenvalue weighted by atomic mass is 16.7. The van der Waals surface area contributed by atoms with Gasteiger partial charge in [-0.2, -0.15) is 0 Å². The number of hydrogen-bond acceptors (Lipinski definition) is 14. The normalized spacial score (nSPS) is 38.4. The van der Waals surface area contributed by atoms with Gasteiger partial charge in [0, 0.05) is 53.6 Å². The summed E-state index contributed by atoms with van der Waals surface area (Å²) in [5.74, 6) is -0.339. The van der Waals surface area contributed by atoms with Crippen LogP contribution in [0.2, 0.25) is 0 Å². The topological polar surface area (TPSA) is 220 Å². The molecule has 1 saturated heterocycles. The summed E-state index contributed by atoms with van der Waals surface area (Å²) in [5.41, 5.74) is 11.3. The van der Waals surface area contributed by atoms with Crippen molar-refractivity contribution in [3.63, 3.8) is 0 Å². The Labute approximate surface area is 538 Å². The van der Waals surface area contributed by atoms with Crippen LogP contribution in [0.3, 0.4) is 0 Å². The van der Waals surface area contributed by atoms with Crippen molar-refractivity contribution in [3.05, 3.63) is 146 Å². The van der Waals surface area contributed by atoms with E-state index in [0.717, 1.165) is 137 Å². The summed E-state index contributed by atoms with van der Waals surface area (Å²) in [6.07, 6.45) is 33.8. The van der Waals surface area contributed by atoms with E-state index in [-0.39, 0.29) is 71.6 Å². The van der Waals surface area contributed by atoms with Gasteiger partial charge in [0.25, 0.3) is 5.60 Å². The second-order valence-corrected chi connectivity index (χ2v) is 31.2. The molecular weight excluding hydrogens is 1140 g/mol. The summed E-state index contributed by atoms with van der Waals surface area (Å²) in [4.78, 5) is 49.9. The number of phenolic OH excluding ortho intramolecular Hbond substituents is 1.